The van der Waals surface area contributed by atoms with Crippen molar-refractivity contribution < 1.29 is 40.9 Å². The first-order valence-corrected chi connectivity index (χ1v) is 17.6. The molecule has 0 radical (unpaired) electrons. The average molecular weight is 697 g/mol. The van der Waals surface area contributed by atoms with Crippen molar-refractivity contribution in [2.75, 3.05) is 57.5 Å². The molecule has 44 heavy (non-hydrogen) atoms. The zero-order chi connectivity index (χ0) is 31.3. The molecule has 1 unspecified atom stereocenters. The van der Waals surface area contributed by atoms with Gasteiger partial charge in [-0.05, 0) is 42.0 Å². The number of aromatic nitrogens is 1. The number of alkyl halides is 2. The summed E-state index contributed by atoms with van der Waals surface area (Å²) < 4.78 is 76.0. The van der Waals surface area contributed by atoms with E-state index < -0.39 is 34.1 Å². The second kappa shape index (κ2) is 15.1. The van der Waals surface area contributed by atoms with Gasteiger partial charge in [0.2, 0.25) is 10.0 Å². The van der Waals surface area contributed by atoms with Gasteiger partial charge >= 0.3 is 12.6 Å². The summed E-state index contributed by atoms with van der Waals surface area (Å²) in [7, 11) is -3.79. The lowest BCUT2D eigenvalue weighted by molar-refractivity contribution is -0.150. The Labute approximate surface area is 269 Å². The summed E-state index contributed by atoms with van der Waals surface area (Å²) in [6, 6.07) is 4.30. The second-order valence-corrected chi connectivity index (χ2v) is 14.7. The van der Waals surface area contributed by atoms with Gasteiger partial charge in [-0.3, -0.25) is 9.88 Å². The Morgan fingerprint density at radius 3 is 2.52 bits per heavy atom. The molecule has 16 heteroatoms. The lowest BCUT2D eigenvalue weighted by Gasteiger charge is -2.28. The zero-order valence-corrected chi connectivity index (χ0v) is 26.9. The predicted molar refractivity (Wildman–Crippen MR) is 162 cm³/mol. The summed E-state index contributed by atoms with van der Waals surface area (Å²) >= 11 is 14.0. The first-order chi connectivity index (χ1) is 21.1. The van der Waals surface area contributed by atoms with Crippen LogP contribution in [0.2, 0.25) is 10.0 Å². The van der Waals surface area contributed by atoms with E-state index >= 15 is 0 Å². The highest BCUT2D eigenvalue weighted by Crippen LogP contribution is 2.39. The number of morpholine rings is 1. The number of hydrogen-bond donors (Lipinski definition) is 0. The van der Waals surface area contributed by atoms with Gasteiger partial charge in [0, 0.05) is 50.7 Å². The summed E-state index contributed by atoms with van der Waals surface area (Å²) in [4.78, 5) is 19.6. The van der Waals surface area contributed by atoms with Crippen LogP contribution >= 0.6 is 35.0 Å². The van der Waals surface area contributed by atoms with Crippen LogP contribution in [0.15, 0.2) is 30.6 Å². The molecule has 1 aromatic heterocycles. The molecule has 3 fully saturated rings. The Morgan fingerprint density at radius 2 is 1.84 bits per heavy atom. The zero-order valence-electron chi connectivity index (χ0n) is 23.7. The molecule has 0 bridgehead atoms. The number of rotatable bonds is 14. The van der Waals surface area contributed by atoms with Gasteiger partial charge in [-0.2, -0.15) is 13.1 Å². The summed E-state index contributed by atoms with van der Waals surface area (Å²) in [5.74, 6) is -0.236. The molecule has 0 spiro atoms. The van der Waals surface area contributed by atoms with Crippen LogP contribution in [0.5, 0.6) is 11.5 Å². The van der Waals surface area contributed by atoms with Crippen molar-refractivity contribution in [2.45, 2.75) is 37.4 Å². The number of esters is 1. The fourth-order valence-electron chi connectivity index (χ4n) is 4.88. The maximum absolute atomic E-state index is 13.7. The molecule has 5 rings (SSSR count). The summed E-state index contributed by atoms with van der Waals surface area (Å²) in [6.45, 7) is 0.132. The quantitative estimate of drug-likeness (QED) is 0.260. The highest BCUT2D eigenvalue weighted by atomic mass is 35.5. The number of hydrogen-bond acceptors (Lipinski definition) is 10. The van der Waals surface area contributed by atoms with E-state index in [9.17, 15) is 22.0 Å². The molecule has 242 valence electrons. The third-order valence-corrected chi connectivity index (χ3v) is 11.3. The molecule has 1 aromatic carbocycles. The normalized spacial score (nSPS) is 20.5. The standard InChI is InChI=1S/C28H33Cl2F2N3O7S2/c29-21-15-33-16-22(30)20(21)14-24(19-3-4-23(42-28(31)32)25(13-19)40-17-18-1-2-18)41-27(36)26-35(7-11-43-26)44(37,38)12-8-34-5-9-39-10-6-34/h3-4,13,15-16,18,24,26,28H,1-2,5-12,14,17H2/t24?,26-/m0/s1. The predicted octanol–water partition coefficient (Wildman–Crippen LogP) is 4.64. The SMILES string of the molecule is O=C(OC(Cc1c(Cl)cncc1Cl)c1ccc(OC(F)F)c(OCC2CC2)c1)[C@@H]1SCCN1S(=O)(=O)CCN1CCOCC1. The third kappa shape index (κ3) is 8.86. The van der Waals surface area contributed by atoms with Crippen LogP contribution < -0.4 is 9.47 Å². The maximum Gasteiger partial charge on any atom is 0.387 e. The van der Waals surface area contributed by atoms with Crippen LogP contribution in [0.25, 0.3) is 0 Å². The van der Waals surface area contributed by atoms with E-state index in [0.717, 1.165) is 12.8 Å². The van der Waals surface area contributed by atoms with Crippen molar-refractivity contribution in [3.05, 3.63) is 51.8 Å². The first kappa shape index (κ1) is 33.4. The average Bonchev–Trinajstić information content (AvgIpc) is 3.69. The molecule has 1 saturated carbocycles. The number of pyridine rings is 1. The van der Waals surface area contributed by atoms with Gasteiger partial charge in [-0.25, -0.2) is 13.2 Å². The van der Waals surface area contributed by atoms with E-state index in [4.69, 9.17) is 37.4 Å². The Balaban J connectivity index is 1.38. The van der Waals surface area contributed by atoms with Gasteiger partial charge < -0.3 is 18.9 Å². The fraction of sp³-hybridized carbons (Fsp3) is 0.571. The number of nitrogens with zero attached hydrogens (tertiary/aromatic N) is 3. The van der Waals surface area contributed by atoms with Crippen LogP contribution in [-0.2, 0) is 30.7 Å². The third-order valence-electron chi connectivity index (χ3n) is 7.50. The van der Waals surface area contributed by atoms with E-state index in [1.165, 1.54) is 46.7 Å². The molecular formula is C28H33Cl2F2N3O7S2. The summed E-state index contributed by atoms with van der Waals surface area (Å²) in [5, 5.41) is -0.615. The van der Waals surface area contributed by atoms with Crippen molar-refractivity contribution in [1.29, 1.82) is 0 Å². The Kier molecular flexibility index (Phi) is 11.5. The second-order valence-electron chi connectivity index (χ2n) is 10.7. The number of benzene rings is 1. The monoisotopic (exact) mass is 695 g/mol. The van der Waals surface area contributed by atoms with E-state index in [2.05, 4.69) is 9.72 Å². The molecular weight excluding hydrogens is 663 g/mol. The summed E-state index contributed by atoms with van der Waals surface area (Å²) in [5.41, 5.74) is 0.850. The van der Waals surface area contributed by atoms with Crippen molar-refractivity contribution in [3.63, 3.8) is 0 Å². The summed E-state index contributed by atoms with van der Waals surface area (Å²) in [6.07, 6.45) is 3.75. The fourth-order valence-corrected chi connectivity index (χ4v) is 8.55. The number of ether oxygens (including phenoxy) is 4. The molecule has 3 aliphatic rings. The van der Waals surface area contributed by atoms with E-state index in [1.54, 1.807) is 0 Å². The van der Waals surface area contributed by atoms with Gasteiger partial charge in [0.1, 0.15) is 6.10 Å². The van der Waals surface area contributed by atoms with Gasteiger partial charge in [0.05, 0.1) is 35.6 Å². The topological polar surface area (TPSA) is 108 Å². The number of carbonyl (C=O) groups is 1. The van der Waals surface area contributed by atoms with Crippen LogP contribution in [0.3, 0.4) is 0 Å². The number of sulfonamides is 1. The van der Waals surface area contributed by atoms with Gasteiger partial charge in [-0.1, -0.05) is 29.3 Å². The van der Waals surface area contributed by atoms with Crippen molar-refractivity contribution in [1.82, 2.24) is 14.2 Å². The minimum atomic E-state index is -3.79. The maximum atomic E-state index is 13.7. The minimum Gasteiger partial charge on any atom is -0.489 e. The Bertz CT molecular complexity index is 1400. The molecule has 2 aromatic rings. The van der Waals surface area contributed by atoms with Crippen molar-refractivity contribution in [3.8, 4) is 11.5 Å². The minimum absolute atomic E-state index is 0.00418. The number of carbonyl (C=O) groups excluding carboxylic acids is 1. The van der Waals surface area contributed by atoms with Gasteiger partial charge in [-0.15, -0.1) is 11.8 Å². The largest absolute Gasteiger partial charge is 0.489 e. The van der Waals surface area contributed by atoms with Crippen molar-refractivity contribution in [2.24, 2.45) is 5.92 Å². The van der Waals surface area contributed by atoms with Crippen LogP contribution in [0.4, 0.5) is 8.78 Å². The smallest absolute Gasteiger partial charge is 0.387 e. The first-order valence-electron chi connectivity index (χ1n) is 14.2. The molecule has 10 nitrogen and oxygen atoms in total. The van der Waals surface area contributed by atoms with Gasteiger partial charge in [0.15, 0.2) is 16.9 Å². The molecule has 2 saturated heterocycles. The lowest BCUT2D eigenvalue weighted by atomic mass is 10.0. The Morgan fingerprint density at radius 1 is 1.11 bits per heavy atom. The van der Waals surface area contributed by atoms with Crippen LogP contribution in [-0.4, -0.2) is 98.1 Å². The van der Waals surface area contributed by atoms with Crippen LogP contribution in [0.1, 0.15) is 30.1 Å². The number of thioether (sulfide) groups is 1. The highest BCUT2D eigenvalue weighted by molar-refractivity contribution is 8.02. The van der Waals surface area contributed by atoms with Crippen LogP contribution in [0, 0.1) is 5.92 Å². The molecule has 0 amide bonds. The Hall–Kier alpha value is -1.94. The number of halogens is 4. The molecule has 1 aliphatic carbocycles. The lowest BCUT2D eigenvalue weighted by Crippen LogP contribution is -2.45. The molecule has 3 heterocycles. The van der Waals surface area contributed by atoms with Gasteiger partial charge in [0.25, 0.3) is 0 Å². The molecule has 2 aliphatic heterocycles. The van der Waals surface area contributed by atoms with E-state index in [-0.39, 0.29) is 40.3 Å². The molecule has 0 N–H and O–H groups in total. The van der Waals surface area contributed by atoms with E-state index in [0.29, 0.717) is 62.3 Å². The highest BCUT2D eigenvalue weighted by Gasteiger charge is 2.41. The van der Waals surface area contributed by atoms with Crippen molar-refractivity contribution >= 4 is 51.0 Å². The van der Waals surface area contributed by atoms with E-state index in [1.807, 2.05) is 4.90 Å². The molecule has 2 atom stereocenters.